The molecule has 6 heteroatoms. The van der Waals surface area contributed by atoms with E-state index in [1.165, 1.54) is 0 Å². The summed E-state index contributed by atoms with van der Waals surface area (Å²) in [7, 11) is 0. The number of hydrogen-bond donors (Lipinski definition) is 2. The van der Waals surface area contributed by atoms with E-state index >= 15 is 0 Å². The number of para-hydroxylation sites is 1. The van der Waals surface area contributed by atoms with Gasteiger partial charge in [0.05, 0.1) is 12.2 Å². The number of carbonyl (C=O) groups excluding carboxylic acids is 2. The zero-order chi connectivity index (χ0) is 22.1. The highest BCUT2D eigenvalue weighted by molar-refractivity contribution is 6.00. The summed E-state index contributed by atoms with van der Waals surface area (Å²) < 4.78 is 11.5. The van der Waals surface area contributed by atoms with Crippen LogP contribution in [0.1, 0.15) is 40.1 Å². The van der Waals surface area contributed by atoms with Crippen molar-refractivity contribution in [1.29, 1.82) is 0 Å². The molecule has 2 amide bonds. The molecule has 0 fully saturated rings. The van der Waals surface area contributed by atoms with Crippen molar-refractivity contribution < 1.29 is 19.1 Å². The number of hydrogen-bond acceptors (Lipinski definition) is 4. The van der Waals surface area contributed by atoms with E-state index in [-0.39, 0.29) is 0 Å². The highest BCUT2D eigenvalue weighted by atomic mass is 16.5. The van der Waals surface area contributed by atoms with E-state index in [0.717, 1.165) is 5.56 Å². The Morgan fingerprint density at radius 3 is 2.29 bits per heavy atom. The second kappa shape index (κ2) is 10.8. The lowest BCUT2D eigenvalue weighted by atomic mass is 10.2. The second-order valence-electron chi connectivity index (χ2n) is 7.41. The quantitative estimate of drug-likeness (QED) is 0.533. The monoisotopic (exact) mass is 418 g/mol. The molecule has 2 N–H and O–H groups in total. The molecule has 160 valence electrons. The number of rotatable bonds is 8. The fraction of sp³-hybridized carbons (Fsp3) is 0.200. The van der Waals surface area contributed by atoms with Gasteiger partial charge in [-0.05, 0) is 41.8 Å². The lowest BCUT2D eigenvalue weighted by Gasteiger charge is -2.13. The highest BCUT2D eigenvalue weighted by Crippen LogP contribution is 2.19. The Morgan fingerprint density at radius 1 is 0.806 bits per heavy atom. The van der Waals surface area contributed by atoms with Crippen LogP contribution in [0.25, 0.3) is 0 Å². The van der Waals surface area contributed by atoms with Crippen LogP contribution < -0.4 is 20.3 Å². The van der Waals surface area contributed by atoms with Crippen molar-refractivity contribution in [1.82, 2.24) is 10.9 Å². The summed E-state index contributed by atoms with van der Waals surface area (Å²) in [6.07, 6.45) is 0. The number of benzene rings is 3. The molecular formula is C25H26N2O4. The lowest BCUT2D eigenvalue weighted by molar-refractivity contribution is 0.0844. The zero-order valence-corrected chi connectivity index (χ0v) is 17.6. The van der Waals surface area contributed by atoms with Gasteiger partial charge in [0.25, 0.3) is 11.8 Å². The van der Waals surface area contributed by atoms with Crippen LogP contribution in [0.15, 0.2) is 78.9 Å². The molecule has 3 aromatic carbocycles. The molecule has 0 saturated carbocycles. The molecule has 31 heavy (non-hydrogen) atoms. The first-order chi connectivity index (χ1) is 15.0. The largest absolute Gasteiger partial charge is 0.493 e. The second-order valence-corrected chi connectivity index (χ2v) is 7.41. The van der Waals surface area contributed by atoms with Gasteiger partial charge < -0.3 is 9.47 Å². The predicted molar refractivity (Wildman–Crippen MR) is 119 cm³/mol. The summed E-state index contributed by atoms with van der Waals surface area (Å²) in [6, 6.07) is 23.4. The summed E-state index contributed by atoms with van der Waals surface area (Å²) in [6.45, 7) is 4.99. The third-order valence-corrected chi connectivity index (χ3v) is 4.34. The number of ether oxygens (including phenoxy) is 2. The minimum absolute atomic E-state index is 0.327. The fourth-order valence-electron chi connectivity index (χ4n) is 2.76. The minimum atomic E-state index is -0.468. The highest BCUT2D eigenvalue weighted by Gasteiger charge is 2.14. The molecule has 0 aliphatic heterocycles. The minimum Gasteiger partial charge on any atom is -0.493 e. The molecule has 0 radical (unpaired) electrons. The molecule has 0 bridgehead atoms. The maximum absolute atomic E-state index is 12.6. The van der Waals surface area contributed by atoms with E-state index in [9.17, 15) is 9.59 Å². The number of amides is 2. The van der Waals surface area contributed by atoms with E-state index < -0.39 is 11.8 Å². The molecule has 6 nitrogen and oxygen atoms in total. The molecule has 0 heterocycles. The van der Waals surface area contributed by atoms with Crippen molar-refractivity contribution in [3.05, 3.63) is 95.6 Å². The van der Waals surface area contributed by atoms with E-state index in [1.807, 2.05) is 44.2 Å². The summed E-state index contributed by atoms with van der Waals surface area (Å²) in [5.41, 5.74) is 6.59. The Labute approximate surface area is 182 Å². The van der Waals surface area contributed by atoms with Crippen molar-refractivity contribution in [3.8, 4) is 11.5 Å². The predicted octanol–water partition coefficient (Wildman–Crippen LogP) is 4.38. The van der Waals surface area contributed by atoms with Gasteiger partial charge in [-0.25, -0.2) is 0 Å². The Balaban J connectivity index is 1.59. The molecule has 3 rings (SSSR count). The van der Waals surface area contributed by atoms with Gasteiger partial charge in [-0.3, -0.25) is 20.4 Å². The number of carbonyl (C=O) groups is 2. The Morgan fingerprint density at radius 2 is 1.52 bits per heavy atom. The average Bonchev–Trinajstić information content (AvgIpc) is 2.80. The third-order valence-electron chi connectivity index (χ3n) is 4.34. The van der Waals surface area contributed by atoms with E-state index in [0.29, 0.717) is 41.8 Å². The van der Waals surface area contributed by atoms with E-state index in [2.05, 4.69) is 10.9 Å². The van der Waals surface area contributed by atoms with Crippen LogP contribution in [0.2, 0.25) is 0 Å². The SMILES string of the molecule is CC(C)COc1cccc(C(=O)NNC(=O)c2ccccc2OCc2ccccc2)c1. The van der Waals surface area contributed by atoms with Gasteiger partial charge >= 0.3 is 0 Å². The normalized spacial score (nSPS) is 10.4. The first-order valence-electron chi connectivity index (χ1n) is 10.1. The van der Waals surface area contributed by atoms with Crippen LogP contribution in [0.4, 0.5) is 0 Å². The van der Waals surface area contributed by atoms with Crippen LogP contribution in [-0.2, 0) is 6.61 Å². The Bertz CT molecular complexity index is 1020. The van der Waals surface area contributed by atoms with Crippen molar-refractivity contribution in [2.24, 2.45) is 5.92 Å². The molecule has 0 atom stereocenters. The average molecular weight is 418 g/mol. The van der Waals surface area contributed by atoms with Gasteiger partial charge in [-0.15, -0.1) is 0 Å². The van der Waals surface area contributed by atoms with Crippen molar-refractivity contribution >= 4 is 11.8 Å². The number of nitrogens with one attached hydrogen (secondary N) is 2. The maximum atomic E-state index is 12.6. The Hall–Kier alpha value is -3.80. The topological polar surface area (TPSA) is 76.7 Å². The van der Waals surface area contributed by atoms with E-state index in [4.69, 9.17) is 9.47 Å². The van der Waals surface area contributed by atoms with Crippen molar-refractivity contribution in [3.63, 3.8) is 0 Å². The van der Waals surface area contributed by atoms with Gasteiger partial charge in [0.15, 0.2) is 0 Å². The fourth-order valence-corrected chi connectivity index (χ4v) is 2.76. The van der Waals surface area contributed by atoms with E-state index in [1.54, 1.807) is 48.5 Å². The lowest BCUT2D eigenvalue weighted by Crippen LogP contribution is -2.41. The molecule has 0 aliphatic rings. The van der Waals surface area contributed by atoms with Crippen LogP contribution in [0, 0.1) is 5.92 Å². The zero-order valence-electron chi connectivity index (χ0n) is 17.6. The molecule has 0 saturated heterocycles. The summed E-state index contributed by atoms with van der Waals surface area (Å²) >= 11 is 0. The summed E-state index contributed by atoms with van der Waals surface area (Å²) in [5.74, 6) is 0.505. The molecular weight excluding hydrogens is 392 g/mol. The molecule has 3 aromatic rings. The summed E-state index contributed by atoms with van der Waals surface area (Å²) in [4.78, 5) is 25.1. The van der Waals surface area contributed by atoms with Crippen LogP contribution in [0.5, 0.6) is 11.5 Å². The smallest absolute Gasteiger partial charge is 0.273 e. The molecule has 0 unspecified atom stereocenters. The van der Waals surface area contributed by atoms with Gasteiger partial charge in [-0.2, -0.15) is 0 Å². The van der Waals surface area contributed by atoms with Gasteiger partial charge in [0.1, 0.15) is 18.1 Å². The number of hydrazine groups is 1. The molecule has 0 aliphatic carbocycles. The summed E-state index contributed by atoms with van der Waals surface area (Å²) in [5, 5.41) is 0. The van der Waals surface area contributed by atoms with Gasteiger partial charge in [0, 0.05) is 5.56 Å². The standard InChI is InChI=1S/C25H26N2O4/c1-18(2)16-30-21-12-8-11-20(15-21)24(28)26-27-25(29)22-13-6-7-14-23(22)31-17-19-9-4-3-5-10-19/h3-15,18H,16-17H2,1-2H3,(H,26,28)(H,27,29). The Kier molecular flexibility index (Phi) is 7.65. The molecule has 0 spiro atoms. The third kappa shape index (κ3) is 6.60. The van der Waals surface area contributed by atoms with Crippen molar-refractivity contribution in [2.75, 3.05) is 6.61 Å². The van der Waals surface area contributed by atoms with Gasteiger partial charge in [0.2, 0.25) is 0 Å². The molecule has 0 aromatic heterocycles. The van der Waals surface area contributed by atoms with Crippen LogP contribution in [0.3, 0.4) is 0 Å². The van der Waals surface area contributed by atoms with Crippen LogP contribution in [-0.4, -0.2) is 18.4 Å². The first kappa shape index (κ1) is 21.9. The van der Waals surface area contributed by atoms with Crippen LogP contribution >= 0.6 is 0 Å². The van der Waals surface area contributed by atoms with Crippen molar-refractivity contribution in [2.45, 2.75) is 20.5 Å². The van der Waals surface area contributed by atoms with Gasteiger partial charge in [-0.1, -0.05) is 62.4 Å². The first-order valence-corrected chi connectivity index (χ1v) is 10.1. The maximum Gasteiger partial charge on any atom is 0.273 e.